The number of alkyl halides is 2. The van der Waals surface area contributed by atoms with Crippen LogP contribution < -0.4 is 0 Å². The largest absolute Gasteiger partial charge is 0.459 e. The lowest BCUT2D eigenvalue weighted by atomic mass is 9.71. The number of nitrogens with zero attached hydrogens (tertiary/aromatic N) is 2. The van der Waals surface area contributed by atoms with Crippen LogP contribution in [0.1, 0.15) is 42.3 Å². The Balaban J connectivity index is 1.91. The maximum atomic E-state index is 14.4. The molecule has 2 saturated heterocycles. The first-order valence-corrected chi connectivity index (χ1v) is 8.29. The van der Waals surface area contributed by atoms with Crippen LogP contribution in [0.25, 0.3) is 0 Å². The van der Waals surface area contributed by atoms with E-state index >= 15 is 0 Å². The Morgan fingerprint density at radius 2 is 2.12 bits per heavy atom. The van der Waals surface area contributed by atoms with Crippen LogP contribution in [-0.2, 0) is 4.79 Å². The number of halogens is 2. The molecule has 1 atom stereocenters. The van der Waals surface area contributed by atoms with Crippen molar-refractivity contribution in [3.8, 4) is 0 Å². The maximum Gasteiger partial charge on any atom is 0.290 e. The molecule has 2 aliphatic heterocycles. The molecule has 0 bridgehead atoms. The Bertz CT molecular complexity index is 658. The van der Waals surface area contributed by atoms with E-state index in [0.717, 1.165) is 4.90 Å². The van der Waals surface area contributed by atoms with Crippen molar-refractivity contribution in [1.29, 1.82) is 0 Å². The number of carbonyl (C=O) groups excluding carboxylic acids is 2. The summed E-state index contributed by atoms with van der Waals surface area (Å²) < 4.78 is 34.0. The Labute approximate surface area is 139 Å². The van der Waals surface area contributed by atoms with Gasteiger partial charge < -0.3 is 14.2 Å². The number of hydrogen-bond donors (Lipinski definition) is 0. The number of furan rings is 1. The molecule has 3 rings (SSSR count). The van der Waals surface area contributed by atoms with Crippen LogP contribution in [0.2, 0.25) is 0 Å². The number of hydrogen-bond acceptors (Lipinski definition) is 3. The number of likely N-dealkylation sites (tertiary alicyclic amines) is 2. The highest BCUT2D eigenvalue weighted by Crippen LogP contribution is 2.45. The van der Waals surface area contributed by atoms with Gasteiger partial charge in [0.25, 0.3) is 11.8 Å². The van der Waals surface area contributed by atoms with E-state index in [1.54, 1.807) is 17.9 Å². The standard InChI is InChI=1S/C17H22F2N2O3/c1-3-20-7-4-6-16(15(20)23)9-17(18,19)11-21(10-16)14(22)13-12(2)5-8-24-13/h5,8H,3-4,6-7,9-11H2,1-2H3. The van der Waals surface area contributed by atoms with Crippen molar-refractivity contribution < 1.29 is 22.8 Å². The van der Waals surface area contributed by atoms with Crippen LogP contribution in [0.4, 0.5) is 8.78 Å². The number of amides is 2. The third-order valence-corrected chi connectivity index (χ3v) is 5.06. The molecule has 1 aromatic rings. The molecule has 0 aromatic carbocycles. The Hall–Kier alpha value is -1.92. The molecule has 132 valence electrons. The van der Waals surface area contributed by atoms with Gasteiger partial charge in [-0.25, -0.2) is 8.78 Å². The van der Waals surface area contributed by atoms with Crippen LogP contribution in [0.5, 0.6) is 0 Å². The van der Waals surface area contributed by atoms with Gasteiger partial charge >= 0.3 is 0 Å². The predicted molar refractivity (Wildman–Crippen MR) is 82.8 cm³/mol. The van der Waals surface area contributed by atoms with Crippen molar-refractivity contribution >= 4 is 11.8 Å². The third kappa shape index (κ3) is 2.80. The molecule has 1 aromatic heterocycles. The minimum Gasteiger partial charge on any atom is -0.459 e. The fourth-order valence-corrected chi connectivity index (χ4v) is 3.95. The molecule has 1 spiro atoms. The third-order valence-electron chi connectivity index (χ3n) is 5.06. The van der Waals surface area contributed by atoms with Crippen molar-refractivity contribution in [1.82, 2.24) is 9.80 Å². The lowest BCUT2D eigenvalue weighted by molar-refractivity contribution is -0.165. The van der Waals surface area contributed by atoms with Gasteiger partial charge in [-0.3, -0.25) is 9.59 Å². The summed E-state index contributed by atoms with van der Waals surface area (Å²) >= 11 is 0. The summed E-state index contributed by atoms with van der Waals surface area (Å²) in [6.07, 6.45) is 1.94. The van der Waals surface area contributed by atoms with Gasteiger partial charge in [0, 0.05) is 31.6 Å². The van der Waals surface area contributed by atoms with Crippen LogP contribution >= 0.6 is 0 Å². The molecule has 2 fully saturated rings. The maximum absolute atomic E-state index is 14.4. The van der Waals surface area contributed by atoms with Gasteiger partial charge in [-0.1, -0.05) is 0 Å². The summed E-state index contributed by atoms with van der Waals surface area (Å²) in [5.74, 6) is -3.85. The molecule has 3 heterocycles. The average Bonchev–Trinajstić information content (AvgIpc) is 2.94. The van der Waals surface area contributed by atoms with E-state index in [1.165, 1.54) is 6.26 Å². The number of piperidine rings is 2. The lowest BCUT2D eigenvalue weighted by Crippen LogP contribution is -2.62. The second-order valence-corrected chi connectivity index (χ2v) is 6.90. The summed E-state index contributed by atoms with van der Waals surface area (Å²) in [6, 6.07) is 1.62. The molecule has 0 saturated carbocycles. The SMILES string of the molecule is CCN1CCCC2(CN(C(=O)c3occc3C)CC(F)(F)C2)C1=O. The zero-order valence-electron chi connectivity index (χ0n) is 14.0. The normalized spacial score (nSPS) is 26.9. The van der Waals surface area contributed by atoms with Crippen LogP contribution in [0.3, 0.4) is 0 Å². The summed E-state index contributed by atoms with van der Waals surface area (Å²) in [5.41, 5.74) is -0.584. The van der Waals surface area contributed by atoms with Crippen LogP contribution in [-0.4, -0.2) is 53.7 Å². The highest BCUT2D eigenvalue weighted by molar-refractivity contribution is 5.94. The molecule has 2 amide bonds. The number of rotatable bonds is 2. The Morgan fingerprint density at radius 3 is 2.75 bits per heavy atom. The zero-order chi connectivity index (χ0) is 17.5. The molecule has 0 radical (unpaired) electrons. The van der Waals surface area contributed by atoms with E-state index in [9.17, 15) is 18.4 Å². The van der Waals surface area contributed by atoms with Gasteiger partial charge in [0.15, 0.2) is 5.76 Å². The molecule has 2 aliphatic rings. The first-order valence-electron chi connectivity index (χ1n) is 8.29. The fourth-order valence-electron chi connectivity index (χ4n) is 3.95. The van der Waals surface area contributed by atoms with Crippen molar-refractivity contribution in [2.24, 2.45) is 5.41 Å². The molecule has 7 heteroatoms. The van der Waals surface area contributed by atoms with Gasteiger partial charge in [0.05, 0.1) is 18.2 Å². The van der Waals surface area contributed by atoms with E-state index in [0.29, 0.717) is 31.5 Å². The first-order chi connectivity index (χ1) is 11.3. The van der Waals surface area contributed by atoms with E-state index in [1.807, 2.05) is 6.92 Å². The van der Waals surface area contributed by atoms with E-state index in [-0.39, 0.29) is 18.2 Å². The number of carbonyl (C=O) groups is 2. The zero-order valence-corrected chi connectivity index (χ0v) is 14.0. The Morgan fingerprint density at radius 1 is 1.38 bits per heavy atom. The molecule has 0 aliphatic carbocycles. The summed E-state index contributed by atoms with van der Waals surface area (Å²) in [7, 11) is 0. The molecule has 0 N–H and O–H groups in total. The molecule has 5 nitrogen and oxygen atoms in total. The smallest absolute Gasteiger partial charge is 0.290 e. The van der Waals surface area contributed by atoms with Crippen LogP contribution in [0.15, 0.2) is 16.7 Å². The van der Waals surface area contributed by atoms with Crippen molar-refractivity contribution in [3.63, 3.8) is 0 Å². The summed E-state index contributed by atoms with van der Waals surface area (Å²) in [4.78, 5) is 28.1. The molecular formula is C17H22F2N2O3. The monoisotopic (exact) mass is 340 g/mol. The molecule has 24 heavy (non-hydrogen) atoms. The molecular weight excluding hydrogens is 318 g/mol. The quantitative estimate of drug-likeness (QED) is 0.832. The second-order valence-electron chi connectivity index (χ2n) is 6.90. The highest BCUT2D eigenvalue weighted by atomic mass is 19.3. The van der Waals surface area contributed by atoms with Crippen molar-refractivity contribution in [2.75, 3.05) is 26.2 Å². The van der Waals surface area contributed by atoms with E-state index in [2.05, 4.69) is 0 Å². The van der Waals surface area contributed by atoms with E-state index < -0.39 is 30.2 Å². The highest BCUT2D eigenvalue weighted by Gasteiger charge is 2.56. The Kier molecular flexibility index (Phi) is 4.13. The summed E-state index contributed by atoms with van der Waals surface area (Å²) in [6.45, 7) is 3.97. The van der Waals surface area contributed by atoms with Gasteiger partial charge in [-0.2, -0.15) is 0 Å². The van der Waals surface area contributed by atoms with Crippen LogP contribution in [0, 0.1) is 12.3 Å². The van der Waals surface area contributed by atoms with Gasteiger partial charge in [0.1, 0.15) is 0 Å². The van der Waals surface area contributed by atoms with Gasteiger partial charge in [-0.15, -0.1) is 0 Å². The predicted octanol–water partition coefficient (Wildman–Crippen LogP) is 2.70. The van der Waals surface area contributed by atoms with Gasteiger partial charge in [0.2, 0.25) is 5.91 Å². The minimum absolute atomic E-state index is 0.0247. The first kappa shape index (κ1) is 16.9. The number of aryl methyl sites for hydroxylation is 1. The summed E-state index contributed by atoms with van der Waals surface area (Å²) in [5, 5.41) is 0. The topological polar surface area (TPSA) is 53.8 Å². The second kappa shape index (κ2) is 5.86. The van der Waals surface area contributed by atoms with Crippen molar-refractivity contribution in [3.05, 3.63) is 23.7 Å². The minimum atomic E-state index is -3.08. The molecule has 1 unspecified atom stereocenters. The van der Waals surface area contributed by atoms with Gasteiger partial charge in [-0.05, 0) is 32.8 Å². The van der Waals surface area contributed by atoms with Crippen molar-refractivity contribution in [2.45, 2.75) is 39.0 Å². The average molecular weight is 340 g/mol. The lowest BCUT2D eigenvalue weighted by Gasteiger charge is -2.49. The van der Waals surface area contributed by atoms with E-state index in [4.69, 9.17) is 4.42 Å². The fraction of sp³-hybridized carbons (Fsp3) is 0.647.